The van der Waals surface area contributed by atoms with E-state index in [2.05, 4.69) is 39.9 Å². The lowest BCUT2D eigenvalue weighted by Crippen LogP contribution is -2.52. The van der Waals surface area contributed by atoms with Gasteiger partial charge < -0.3 is 0 Å². The maximum absolute atomic E-state index is 11.5. The Labute approximate surface area is 123 Å². The minimum absolute atomic E-state index is 0.238. The van der Waals surface area contributed by atoms with E-state index in [0.717, 1.165) is 17.6 Å². The molecule has 2 rings (SSSR count). The molecule has 1 atom stereocenters. The number of rotatable bonds is 3. The maximum atomic E-state index is 11.5. The lowest BCUT2D eigenvalue weighted by atomic mass is 10.1. The zero-order valence-electron chi connectivity index (χ0n) is 11.2. The molecule has 6 heteroatoms. The molecule has 1 saturated heterocycles. The van der Waals surface area contributed by atoms with Crippen LogP contribution >= 0.6 is 15.9 Å². The van der Waals surface area contributed by atoms with E-state index in [-0.39, 0.29) is 6.04 Å². The fraction of sp³-hybridized carbons (Fsp3) is 0.538. The van der Waals surface area contributed by atoms with Crippen LogP contribution < -0.4 is 0 Å². The van der Waals surface area contributed by atoms with Crippen LogP contribution in [0.4, 0.5) is 0 Å². The summed E-state index contributed by atoms with van der Waals surface area (Å²) in [6.07, 6.45) is 1.28. The highest BCUT2D eigenvalue weighted by atomic mass is 79.9. The van der Waals surface area contributed by atoms with Crippen molar-refractivity contribution in [3.05, 3.63) is 34.3 Å². The van der Waals surface area contributed by atoms with Gasteiger partial charge in [0.15, 0.2) is 0 Å². The van der Waals surface area contributed by atoms with E-state index in [4.69, 9.17) is 0 Å². The van der Waals surface area contributed by atoms with Crippen LogP contribution in [0.3, 0.4) is 0 Å². The molecule has 19 heavy (non-hydrogen) atoms. The Morgan fingerprint density at radius 3 is 2.68 bits per heavy atom. The van der Waals surface area contributed by atoms with E-state index >= 15 is 0 Å². The largest absolute Gasteiger partial charge is 0.294 e. The summed E-state index contributed by atoms with van der Waals surface area (Å²) in [6.45, 7) is 4.87. The van der Waals surface area contributed by atoms with Gasteiger partial charge in [0.1, 0.15) is 0 Å². The number of hydrogen-bond acceptors (Lipinski definition) is 3. The number of halogens is 1. The van der Waals surface area contributed by atoms with Crippen LogP contribution in [0, 0.1) is 0 Å². The van der Waals surface area contributed by atoms with Crippen molar-refractivity contribution >= 4 is 26.0 Å². The first-order valence-corrected chi connectivity index (χ1v) is 8.94. The van der Waals surface area contributed by atoms with Crippen molar-refractivity contribution in [2.45, 2.75) is 19.5 Å². The average molecular weight is 347 g/mol. The lowest BCUT2D eigenvalue weighted by Gasteiger charge is -2.38. The highest BCUT2D eigenvalue weighted by Crippen LogP contribution is 2.18. The van der Waals surface area contributed by atoms with Crippen molar-refractivity contribution in [1.29, 1.82) is 0 Å². The molecule has 4 nitrogen and oxygen atoms in total. The van der Waals surface area contributed by atoms with Crippen molar-refractivity contribution in [2.24, 2.45) is 0 Å². The summed E-state index contributed by atoms with van der Waals surface area (Å²) < 4.78 is 25.7. The van der Waals surface area contributed by atoms with Crippen molar-refractivity contribution in [1.82, 2.24) is 9.21 Å². The number of sulfonamides is 1. The average Bonchev–Trinajstić information content (AvgIpc) is 2.30. The smallest absolute Gasteiger partial charge is 0.211 e. The fourth-order valence-corrected chi connectivity index (χ4v) is 3.71. The van der Waals surface area contributed by atoms with Crippen molar-refractivity contribution in [3.8, 4) is 0 Å². The Balaban J connectivity index is 2.01. The normalized spacial score (nSPS) is 22.6. The summed E-state index contributed by atoms with van der Waals surface area (Å²) in [7, 11) is -3.06. The summed E-state index contributed by atoms with van der Waals surface area (Å²) in [6, 6.07) is 8.48. The van der Waals surface area contributed by atoms with Crippen LogP contribution in [0.15, 0.2) is 28.7 Å². The van der Waals surface area contributed by atoms with E-state index < -0.39 is 10.0 Å². The fourth-order valence-electron chi connectivity index (χ4n) is 2.37. The van der Waals surface area contributed by atoms with Gasteiger partial charge in [0.05, 0.1) is 6.26 Å². The molecule has 1 aliphatic rings. The minimum atomic E-state index is -3.06. The molecule has 0 amide bonds. The molecule has 1 aromatic carbocycles. The molecule has 1 aliphatic heterocycles. The standard InChI is InChI=1S/C13H19BrN2O2S/c1-11-9-16(19(2,17)18)7-6-15(11)10-12-4-3-5-13(14)8-12/h3-5,8,11H,6-7,9-10H2,1-2H3/t11-/m1/s1. The Morgan fingerprint density at radius 1 is 1.37 bits per heavy atom. The second-order valence-corrected chi connectivity index (χ2v) is 7.97. The number of benzene rings is 1. The molecule has 0 aliphatic carbocycles. The van der Waals surface area contributed by atoms with Gasteiger partial charge in [-0.05, 0) is 24.6 Å². The number of nitrogens with zero attached hydrogens (tertiary/aromatic N) is 2. The Morgan fingerprint density at radius 2 is 2.11 bits per heavy atom. The van der Waals surface area contributed by atoms with Gasteiger partial charge in [0.25, 0.3) is 0 Å². The molecule has 1 heterocycles. The summed E-state index contributed by atoms with van der Waals surface area (Å²) in [5, 5.41) is 0. The zero-order valence-corrected chi connectivity index (χ0v) is 13.6. The molecule has 0 unspecified atom stereocenters. The summed E-state index contributed by atoms with van der Waals surface area (Å²) in [5.74, 6) is 0. The van der Waals surface area contributed by atoms with Gasteiger partial charge in [-0.15, -0.1) is 0 Å². The molecule has 0 N–H and O–H groups in total. The zero-order chi connectivity index (χ0) is 14.0. The molecule has 0 aromatic heterocycles. The highest BCUT2D eigenvalue weighted by molar-refractivity contribution is 9.10. The first-order chi connectivity index (χ1) is 8.86. The van der Waals surface area contributed by atoms with Crippen LogP contribution in [-0.2, 0) is 16.6 Å². The van der Waals surface area contributed by atoms with Crippen molar-refractivity contribution < 1.29 is 8.42 Å². The van der Waals surface area contributed by atoms with E-state index in [9.17, 15) is 8.42 Å². The second-order valence-electron chi connectivity index (χ2n) is 5.07. The molecular weight excluding hydrogens is 328 g/mol. The Hall–Kier alpha value is -0.430. The van der Waals surface area contributed by atoms with E-state index in [1.54, 1.807) is 4.31 Å². The van der Waals surface area contributed by atoms with Gasteiger partial charge in [0, 0.05) is 36.7 Å². The van der Waals surface area contributed by atoms with E-state index in [1.165, 1.54) is 11.8 Å². The summed E-state index contributed by atoms with van der Waals surface area (Å²) >= 11 is 3.47. The first kappa shape index (κ1) is 15.0. The Bertz CT molecular complexity index is 547. The van der Waals surface area contributed by atoms with Gasteiger partial charge in [-0.3, -0.25) is 4.90 Å². The maximum Gasteiger partial charge on any atom is 0.211 e. The van der Waals surface area contributed by atoms with Gasteiger partial charge in [-0.25, -0.2) is 8.42 Å². The SMILES string of the molecule is C[C@@H]1CN(S(C)(=O)=O)CCN1Cc1cccc(Br)c1. The topological polar surface area (TPSA) is 40.6 Å². The number of piperazine rings is 1. The van der Waals surface area contributed by atoms with Gasteiger partial charge in [-0.2, -0.15) is 4.31 Å². The predicted molar refractivity (Wildman–Crippen MR) is 80.4 cm³/mol. The molecule has 1 fully saturated rings. The molecule has 0 saturated carbocycles. The van der Waals surface area contributed by atoms with Gasteiger partial charge >= 0.3 is 0 Å². The van der Waals surface area contributed by atoms with Crippen LogP contribution in [0.5, 0.6) is 0 Å². The van der Waals surface area contributed by atoms with Gasteiger partial charge in [-0.1, -0.05) is 28.1 Å². The summed E-state index contributed by atoms with van der Waals surface area (Å²) in [5.41, 5.74) is 1.24. The highest BCUT2D eigenvalue weighted by Gasteiger charge is 2.28. The summed E-state index contributed by atoms with van der Waals surface area (Å²) in [4.78, 5) is 2.32. The molecular formula is C13H19BrN2O2S. The predicted octanol–water partition coefficient (Wildman–Crippen LogP) is 1.91. The monoisotopic (exact) mass is 346 g/mol. The third-order valence-electron chi connectivity index (χ3n) is 3.47. The van der Waals surface area contributed by atoms with Crippen molar-refractivity contribution in [2.75, 3.05) is 25.9 Å². The molecule has 0 bridgehead atoms. The lowest BCUT2D eigenvalue weighted by molar-refractivity contribution is 0.122. The van der Waals surface area contributed by atoms with Gasteiger partial charge in [0.2, 0.25) is 10.0 Å². The minimum Gasteiger partial charge on any atom is -0.294 e. The van der Waals surface area contributed by atoms with Crippen molar-refractivity contribution in [3.63, 3.8) is 0 Å². The first-order valence-electron chi connectivity index (χ1n) is 6.30. The second kappa shape index (κ2) is 5.91. The number of hydrogen-bond donors (Lipinski definition) is 0. The van der Waals surface area contributed by atoms with Crippen LogP contribution in [0.25, 0.3) is 0 Å². The van der Waals surface area contributed by atoms with Crippen LogP contribution in [0.1, 0.15) is 12.5 Å². The van der Waals surface area contributed by atoms with E-state index in [1.807, 2.05) is 12.1 Å². The van der Waals surface area contributed by atoms with Crippen LogP contribution in [-0.4, -0.2) is 49.6 Å². The quantitative estimate of drug-likeness (QED) is 0.839. The Kier molecular flexibility index (Phi) is 4.66. The van der Waals surface area contributed by atoms with Crippen LogP contribution in [0.2, 0.25) is 0 Å². The third kappa shape index (κ3) is 4.02. The molecule has 0 radical (unpaired) electrons. The molecule has 1 aromatic rings. The third-order valence-corrected chi connectivity index (χ3v) is 5.23. The molecule has 0 spiro atoms. The van der Waals surface area contributed by atoms with E-state index in [0.29, 0.717) is 13.1 Å². The molecule has 106 valence electrons.